The number of alkyl halides is 3. The van der Waals surface area contributed by atoms with Gasteiger partial charge in [0.05, 0.1) is 17.2 Å². The molecule has 33 heavy (non-hydrogen) atoms. The SMILES string of the molecule is CC1C=CN(C(C)C)C1CCCc1cc(C#N)ccc1C#Cc1ccc(O)cc1C(F)(F)F. The molecule has 1 aliphatic heterocycles. The van der Waals surface area contributed by atoms with E-state index >= 15 is 0 Å². The molecule has 3 rings (SSSR count). The van der Waals surface area contributed by atoms with E-state index < -0.39 is 17.5 Å². The van der Waals surface area contributed by atoms with Gasteiger partial charge in [-0.2, -0.15) is 18.4 Å². The molecule has 0 fully saturated rings. The van der Waals surface area contributed by atoms with Gasteiger partial charge < -0.3 is 10.0 Å². The Morgan fingerprint density at radius 2 is 1.79 bits per heavy atom. The van der Waals surface area contributed by atoms with Crippen LogP contribution in [-0.4, -0.2) is 22.1 Å². The molecule has 2 atom stereocenters. The van der Waals surface area contributed by atoms with Gasteiger partial charge in [-0.3, -0.25) is 0 Å². The maximum Gasteiger partial charge on any atom is 0.417 e. The molecule has 0 aromatic heterocycles. The first kappa shape index (κ1) is 24.3. The zero-order valence-corrected chi connectivity index (χ0v) is 18.9. The van der Waals surface area contributed by atoms with E-state index in [1.54, 1.807) is 18.2 Å². The van der Waals surface area contributed by atoms with E-state index in [0.29, 0.717) is 41.6 Å². The second-order valence-corrected chi connectivity index (χ2v) is 8.66. The number of halogens is 3. The average Bonchev–Trinajstić information content (AvgIpc) is 3.13. The maximum atomic E-state index is 13.3. The van der Waals surface area contributed by atoms with E-state index in [-0.39, 0.29) is 5.56 Å². The Morgan fingerprint density at radius 3 is 2.45 bits per heavy atom. The fourth-order valence-corrected chi connectivity index (χ4v) is 4.22. The van der Waals surface area contributed by atoms with Crippen LogP contribution in [0.15, 0.2) is 48.7 Å². The number of nitriles is 1. The van der Waals surface area contributed by atoms with Gasteiger partial charge in [0.15, 0.2) is 0 Å². The molecule has 3 nitrogen and oxygen atoms in total. The molecule has 0 radical (unpaired) electrons. The third-order valence-electron chi connectivity index (χ3n) is 5.97. The summed E-state index contributed by atoms with van der Waals surface area (Å²) >= 11 is 0. The van der Waals surface area contributed by atoms with Crippen molar-refractivity contribution in [3.8, 4) is 23.7 Å². The zero-order chi connectivity index (χ0) is 24.2. The second kappa shape index (κ2) is 10.0. The maximum absolute atomic E-state index is 13.3. The summed E-state index contributed by atoms with van der Waals surface area (Å²) < 4.78 is 40.0. The van der Waals surface area contributed by atoms with Gasteiger partial charge in [-0.05, 0) is 87.2 Å². The fraction of sp³-hybridized carbons (Fsp3) is 0.370. The van der Waals surface area contributed by atoms with Crippen molar-refractivity contribution in [1.29, 1.82) is 5.26 Å². The molecule has 0 saturated carbocycles. The van der Waals surface area contributed by atoms with Crippen LogP contribution in [-0.2, 0) is 12.6 Å². The number of hydrogen-bond donors (Lipinski definition) is 1. The highest BCUT2D eigenvalue weighted by Crippen LogP contribution is 2.34. The second-order valence-electron chi connectivity index (χ2n) is 8.66. The Bertz CT molecular complexity index is 1130. The minimum absolute atomic E-state index is 0.200. The lowest BCUT2D eigenvalue weighted by Gasteiger charge is -2.32. The Hall–Kier alpha value is -3.38. The number of nitrogens with zero attached hydrogens (tertiary/aromatic N) is 2. The third-order valence-corrected chi connectivity index (χ3v) is 5.97. The highest BCUT2D eigenvalue weighted by molar-refractivity contribution is 5.53. The van der Waals surface area contributed by atoms with Crippen LogP contribution in [0.25, 0.3) is 0 Å². The lowest BCUT2D eigenvalue weighted by atomic mass is 9.94. The Labute approximate surface area is 193 Å². The van der Waals surface area contributed by atoms with E-state index in [9.17, 15) is 23.5 Å². The summed E-state index contributed by atoms with van der Waals surface area (Å²) in [6, 6.07) is 11.1. The number of aryl methyl sites for hydroxylation is 1. The Kier molecular flexibility index (Phi) is 7.39. The highest BCUT2D eigenvalue weighted by atomic mass is 19.4. The van der Waals surface area contributed by atoms with Crippen molar-refractivity contribution >= 4 is 0 Å². The molecule has 1 aliphatic rings. The predicted octanol–water partition coefficient (Wildman–Crippen LogP) is 6.25. The van der Waals surface area contributed by atoms with Crippen molar-refractivity contribution in [3.63, 3.8) is 0 Å². The van der Waals surface area contributed by atoms with Crippen LogP contribution < -0.4 is 0 Å². The van der Waals surface area contributed by atoms with Gasteiger partial charge in [0.1, 0.15) is 5.75 Å². The molecule has 0 amide bonds. The number of benzene rings is 2. The van der Waals surface area contributed by atoms with Crippen molar-refractivity contribution in [2.24, 2.45) is 5.92 Å². The van der Waals surface area contributed by atoms with Gasteiger partial charge in [-0.15, -0.1) is 0 Å². The standard InChI is InChI=1S/C27H27F3N2O/c1-18(2)32-14-13-19(3)26(32)6-4-5-23-15-20(17-31)7-8-21(23)9-10-22-11-12-24(33)16-25(22)27(28,29)30/h7-8,11-16,18-19,26,33H,4-6H2,1-3H3. The van der Waals surface area contributed by atoms with E-state index in [1.165, 1.54) is 12.1 Å². The molecule has 2 aromatic rings. The number of rotatable bonds is 5. The molecule has 172 valence electrons. The minimum atomic E-state index is -4.62. The lowest BCUT2D eigenvalue weighted by molar-refractivity contribution is -0.137. The van der Waals surface area contributed by atoms with Crippen molar-refractivity contribution < 1.29 is 18.3 Å². The zero-order valence-electron chi connectivity index (χ0n) is 18.9. The predicted molar refractivity (Wildman–Crippen MR) is 122 cm³/mol. The van der Waals surface area contributed by atoms with Crippen LogP contribution in [0.4, 0.5) is 13.2 Å². The summed E-state index contributed by atoms with van der Waals surface area (Å²) in [7, 11) is 0. The molecule has 0 aliphatic carbocycles. The molecule has 0 saturated heterocycles. The van der Waals surface area contributed by atoms with Crippen LogP contribution >= 0.6 is 0 Å². The molecule has 0 spiro atoms. The summed E-state index contributed by atoms with van der Waals surface area (Å²) in [5.41, 5.74) is 0.781. The number of aromatic hydroxyl groups is 1. The van der Waals surface area contributed by atoms with Crippen molar-refractivity contribution in [3.05, 3.63) is 76.5 Å². The summed E-state index contributed by atoms with van der Waals surface area (Å²) in [4.78, 5) is 2.36. The largest absolute Gasteiger partial charge is 0.508 e. The summed E-state index contributed by atoms with van der Waals surface area (Å²) in [6.45, 7) is 6.53. The van der Waals surface area contributed by atoms with Crippen molar-refractivity contribution in [1.82, 2.24) is 4.90 Å². The first-order valence-corrected chi connectivity index (χ1v) is 11.0. The van der Waals surface area contributed by atoms with Crippen LogP contribution in [0.2, 0.25) is 0 Å². The molecular weight excluding hydrogens is 425 g/mol. The van der Waals surface area contributed by atoms with Crippen LogP contribution in [0.3, 0.4) is 0 Å². The molecule has 2 aromatic carbocycles. The van der Waals surface area contributed by atoms with Crippen LogP contribution in [0, 0.1) is 29.1 Å². The van der Waals surface area contributed by atoms with E-state index in [4.69, 9.17) is 0 Å². The fourth-order valence-electron chi connectivity index (χ4n) is 4.22. The minimum Gasteiger partial charge on any atom is -0.508 e. The number of hydrogen-bond acceptors (Lipinski definition) is 3. The average molecular weight is 453 g/mol. The van der Waals surface area contributed by atoms with Crippen LogP contribution in [0.1, 0.15) is 61.4 Å². The Morgan fingerprint density at radius 1 is 1.09 bits per heavy atom. The van der Waals surface area contributed by atoms with Crippen LogP contribution in [0.5, 0.6) is 5.75 Å². The first-order valence-electron chi connectivity index (χ1n) is 11.0. The number of phenols is 1. The Balaban J connectivity index is 1.83. The van der Waals surface area contributed by atoms with Crippen molar-refractivity contribution in [2.75, 3.05) is 0 Å². The van der Waals surface area contributed by atoms with Gasteiger partial charge in [-0.1, -0.05) is 24.8 Å². The summed E-state index contributed by atoms with van der Waals surface area (Å²) in [5.74, 6) is 5.47. The molecular formula is C27H27F3N2O. The molecule has 6 heteroatoms. The molecule has 1 N–H and O–H groups in total. The monoisotopic (exact) mass is 452 g/mol. The molecule has 2 unspecified atom stereocenters. The van der Waals surface area contributed by atoms with E-state index in [1.807, 2.05) is 0 Å². The first-order chi connectivity index (χ1) is 15.6. The lowest BCUT2D eigenvalue weighted by Crippen LogP contribution is -2.35. The number of phenolic OH excluding ortho intramolecular Hbond substituents is 1. The highest BCUT2D eigenvalue weighted by Gasteiger charge is 2.33. The quantitative estimate of drug-likeness (QED) is 0.546. The summed E-state index contributed by atoms with van der Waals surface area (Å²) in [6.07, 6.45) is 2.26. The van der Waals surface area contributed by atoms with Crippen molar-refractivity contribution in [2.45, 2.75) is 58.3 Å². The van der Waals surface area contributed by atoms with E-state index in [2.05, 4.69) is 55.9 Å². The van der Waals surface area contributed by atoms with Gasteiger partial charge in [0.2, 0.25) is 0 Å². The molecule has 1 heterocycles. The van der Waals surface area contributed by atoms with Gasteiger partial charge >= 0.3 is 6.18 Å². The topological polar surface area (TPSA) is 47.3 Å². The van der Waals surface area contributed by atoms with Gasteiger partial charge in [0.25, 0.3) is 0 Å². The smallest absolute Gasteiger partial charge is 0.417 e. The van der Waals surface area contributed by atoms with E-state index in [0.717, 1.165) is 18.4 Å². The third kappa shape index (κ3) is 5.90. The van der Waals surface area contributed by atoms with Gasteiger partial charge in [-0.25, -0.2) is 0 Å². The van der Waals surface area contributed by atoms with Gasteiger partial charge in [0, 0.05) is 23.2 Å². The normalized spacial score (nSPS) is 17.7. The molecule has 0 bridgehead atoms. The summed E-state index contributed by atoms with van der Waals surface area (Å²) in [5, 5.41) is 18.8.